The third-order valence-corrected chi connectivity index (χ3v) is 3.66. The molecule has 0 saturated carbocycles. The van der Waals surface area contributed by atoms with E-state index in [2.05, 4.69) is 29.2 Å². The Morgan fingerprint density at radius 1 is 1.29 bits per heavy atom. The summed E-state index contributed by atoms with van der Waals surface area (Å²) in [6.45, 7) is 2.83. The minimum Gasteiger partial charge on any atom is -0.302 e. The molecule has 0 fully saturated rings. The molecule has 0 atom stereocenters. The van der Waals surface area contributed by atoms with E-state index in [9.17, 15) is 0 Å². The standard InChI is InChI=1S/C13H16N2OS/c1-10-13(17-9-14-10)12-6-4-11(5-7-12)8-15(2)16-3/h4-7,9H,8H2,1-3H3. The van der Waals surface area contributed by atoms with Crippen molar-refractivity contribution in [2.24, 2.45) is 0 Å². The summed E-state index contributed by atoms with van der Waals surface area (Å²) in [5, 5.41) is 1.80. The van der Waals surface area contributed by atoms with Crippen LogP contribution in [-0.4, -0.2) is 24.2 Å². The number of hydrogen-bond donors (Lipinski definition) is 0. The van der Waals surface area contributed by atoms with Crippen LogP contribution in [0.25, 0.3) is 10.4 Å². The van der Waals surface area contributed by atoms with Crippen LogP contribution in [0.1, 0.15) is 11.3 Å². The SMILES string of the molecule is CON(C)Cc1ccc(-c2scnc2C)cc1. The van der Waals surface area contributed by atoms with E-state index >= 15 is 0 Å². The van der Waals surface area contributed by atoms with Crippen LogP contribution in [0.3, 0.4) is 0 Å². The molecule has 0 bridgehead atoms. The second-order valence-electron chi connectivity index (χ2n) is 3.93. The number of nitrogens with zero attached hydrogens (tertiary/aromatic N) is 2. The third-order valence-electron chi connectivity index (χ3n) is 2.68. The summed E-state index contributed by atoms with van der Waals surface area (Å²) >= 11 is 1.68. The fourth-order valence-electron chi connectivity index (χ4n) is 1.66. The summed E-state index contributed by atoms with van der Waals surface area (Å²) in [6, 6.07) is 8.53. The van der Waals surface area contributed by atoms with Gasteiger partial charge >= 0.3 is 0 Å². The highest BCUT2D eigenvalue weighted by atomic mass is 32.1. The molecular weight excluding hydrogens is 232 g/mol. The Morgan fingerprint density at radius 2 is 2.00 bits per heavy atom. The lowest BCUT2D eigenvalue weighted by Gasteiger charge is -2.13. The molecule has 1 heterocycles. The zero-order chi connectivity index (χ0) is 12.3. The van der Waals surface area contributed by atoms with Crippen LogP contribution in [-0.2, 0) is 11.4 Å². The third kappa shape index (κ3) is 2.91. The Labute approximate surface area is 106 Å². The smallest absolute Gasteiger partial charge is 0.0801 e. The second-order valence-corrected chi connectivity index (χ2v) is 4.79. The van der Waals surface area contributed by atoms with E-state index < -0.39 is 0 Å². The minimum absolute atomic E-state index is 0.790. The van der Waals surface area contributed by atoms with Crippen LogP contribution in [0.5, 0.6) is 0 Å². The molecule has 0 spiro atoms. The number of thiazole rings is 1. The number of aromatic nitrogens is 1. The van der Waals surface area contributed by atoms with Gasteiger partial charge in [-0.3, -0.25) is 0 Å². The summed E-state index contributed by atoms with van der Waals surface area (Å²) < 4.78 is 0. The number of hydrogen-bond acceptors (Lipinski definition) is 4. The van der Waals surface area contributed by atoms with Crippen molar-refractivity contribution in [1.82, 2.24) is 10.0 Å². The number of benzene rings is 1. The van der Waals surface area contributed by atoms with Gasteiger partial charge in [-0.05, 0) is 18.1 Å². The molecule has 3 nitrogen and oxygen atoms in total. The van der Waals surface area contributed by atoms with Gasteiger partial charge in [0, 0.05) is 13.6 Å². The lowest BCUT2D eigenvalue weighted by Crippen LogP contribution is -2.15. The number of aryl methyl sites for hydroxylation is 1. The zero-order valence-corrected chi connectivity index (χ0v) is 11.1. The first-order valence-electron chi connectivity index (χ1n) is 5.45. The van der Waals surface area contributed by atoms with E-state index in [1.54, 1.807) is 23.5 Å². The lowest BCUT2D eigenvalue weighted by atomic mass is 10.1. The summed E-state index contributed by atoms with van der Waals surface area (Å²) in [7, 11) is 3.59. The Morgan fingerprint density at radius 3 is 2.53 bits per heavy atom. The van der Waals surface area contributed by atoms with Crippen molar-refractivity contribution in [1.29, 1.82) is 0 Å². The highest BCUT2D eigenvalue weighted by molar-refractivity contribution is 7.13. The van der Waals surface area contributed by atoms with Crippen molar-refractivity contribution in [3.05, 3.63) is 41.0 Å². The van der Waals surface area contributed by atoms with Crippen molar-refractivity contribution in [2.75, 3.05) is 14.2 Å². The Kier molecular flexibility index (Phi) is 3.89. The number of rotatable bonds is 4. The predicted molar refractivity (Wildman–Crippen MR) is 70.8 cm³/mol. The van der Waals surface area contributed by atoms with Crippen LogP contribution in [0.2, 0.25) is 0 Å². The Bertz CT molecular complexity index is 478. The van der Waals surface area contributed by atoms with Gasteiger partial charge in [-0.15, -0.1) is 11.3 Å². The Hall–Kier alpha value is -1.23. The monoisotopic (exact) mass is 248 g/mol. The molecule has 17 heavy (non-hydrogen) atoms. The normalized spacial score (nSPS) is 11.1. The highest BCUT2D eigenvalue weighted by Gasteiger charge is 2.05. The molecule has 90 valence electrons. The molecule has 4 heteroatoms. The van der Waals surface area contributed by atoms with Crippen molar-refractivity contribution in [3.8, 4) is 10.4 Å². The molecule has 0 radical (unpaired) electrons. The summed E-state index contributed by atoms with van der Waals surface area (Å²) in [6.07, 6.45) is 0. The van der Waals surface area contributed by atoms with Gasteiger partial charge in [0.15, 0.2) is 0 Å². The Balaban J connectivity index is 2.16. The zero-order valence-electron chi connectivity index (χ0n) is 10.3. The van der Waals surface area contributed by atoms with Gasteiger partial charge in [-0.1, -0.05) is 24.3 Å². The van der Waals surface area contributed by atoms with Gasteiger partial charge in [0.05, 0.1) is 23.2 Å². The van der Waals surface area contributed by atoms with Crippen molar-refractivity contribution < 1.29 is 4.84 Å². The predicted octanol–water partition coefficient (Wildman–Crippen LogP) is 3.11. The van der Waals surface area contributed by atoms with E-state index in [0.717, 1.165) is 12.2 Å². The molecule has 1 aromatic carbocycles. The van der Waals surface area contributed by atoms with E-state index in [4.69, 9.17) is 4.84 Å². The average molecular weight is 248 g/mol. The maximum atomic E-state index is 5.10. The van der Waals surface area contributed by atoms with Crippen LogP contribution < -0.4 is 0 Å². The van der Waals surface area contributed by atoms with Crippen molar-refractivity contribution in [2.45, 2.75) is 13.5 Å². The average Bonchev–Trinajstić information content (AvgIpc) is 2.76. The quantitative estimate of drug-likeness (QED) is 0.777. The first kappa shape index (κ1) is 12.2. The van der Waals surface area contributed by atoms with E-state index in [0.29, 0.717) is 0 Å². The van der Waals surface area contributed by atoms with Crippen molar-refractivity contribution >= 4 is 11.3 Å². The minimum atomic E-state index is 0.790. The van der Waals surface area contributed by atoms with Gasteiger partial charge in [0.2, 0.25) is 0 Å². The molecule has 1 aromatic heterocycles. The van der Waals surface area contributed by atoms with Crippen molar-refractivity contribution in [3.63, 3.8) is 0 Å². The van der Waals surface area contributed by atoms with Gasteiger partial charge in [-0.2, -0.15) is 5.06 Å². The maximum absolute atomic E-state index is 5.10. The lowest BCUT2D eigenvalue weighted by molar-refractivity contribution is -0.116. The highest BCUT2D eigenvalue weighted by Crippen LogP contribution is 2.27. The molecule has 0 saturated heterocycles. The van der Waals surface area contributed by atoms with E-state index in [1.165, 1.54) is 16.0 Å². The molecule has 0 aliphatic carbocycles. The van der Waals surface area contributed by atoms with E-state index in [1.807, 2.05) is 19.5 Å². The maximum Gasteiger partial charge on any atom is 0.0801 e. The van der Waals surface area contributed by atoms with Gasteiger partial charge in [0.1, 0.15) is 0 Å². The number of hydroxylamine groups is 2. The molecule has 2 rings (SSSR count). The fraction of sp³-hybridized carbons (Fsp3) is 0.308. The van der Waals surface area contributed by atoms with Gasteiger partial charge < -0.3 is 4.84 Å². The fourth-order valence-corrected chi connectivity index (χ4v) is 2.47. The van der Waals surface area contributed by atoms with Crippen LogP contribution >= 0.6 is 11.3 Å². The van der Waals surface area contributed by atoms with E-state index in [-0.39, 0.29) is 0 Å². The van der Waals surface area contributed by atoms with Crippen LogP contribution in [0.15, 0.2) is 29.8 Å². The molecule has 0 unspecified atom stereocenters. The summed E-state index contributed by atoms with van der Waals surface area (Å²) in [5.74, 6) is 0. The van der Waals surface area contributed by atoms with Crippen LogP contribution in [0.4, 0.5) is 0 Å². The summed E-state index contributed by atoms with van der Waals surface area (Å²) in [5.41, 5.74) is 5.45. The van der Waals surface area contributed by atoms with Gasteiger partial charge in [-0.25, -0.2) is 4.98 Å². The summed E-state index contributed by atoms with van der Waals surface area (Å²) in [4.78, 5) is 10.6. The first-order valence-corrected chi connectivity index (χ1v) is 6.33. The molecule has 0 amide bonds. The van der Waals surface area contributed by atoms with Crippen LogP contribution in [0, 0.1) is 6.92 Å². The molecule has 0 aliphatic heterocycles. The largest absolute Gasteiger partial charge is 0.302 e. The molecule has 0 aliphatic rings. The molecular formula is C13H16N2OS. The molecule has 0 N–H and O–H groups in total. The first-order chi connectivity index (χ1) is 8.20. The molecule has 2 aromatic rings. The second kappa shape index (κ2) is 5.40. The topological polar surface area (TPSA) is 25.4 Å². The van der Waals surface area contributed by atoms with Gasteiger partial charge in [0.25, 0.3) is 0 Å².